The van der Waals surface area contributed by atoms with E-state index in [4.69, 9.17) is 4.74 Å². The summed E-state index contributed by atoms with van der Waals surface area (Å²) >= 11 is 3.39. The summed E-state index contributed by atoms with van der Waals surface area (Å²) in [6, 6.07) is 15.8. The van der Waals surface area contributed by atoms with E-state index >= 15 is 0 Å². The zero-order chi connectivity index (χ0) is 32.1. The fourth-order valence-corrected chi connectivity index (χ4v) is 5.89. The maximum absolute atomic E-state index is 14.0. The lowest BCUT2D eigenvalue weighted by Gasteiger charge is -2.33. The third-order valence-corrected chi connectivity index (χ3v) is 8.83. The van der Waals surface area contributed by atoms with Crippen LogP contribution in [-0.2, 0) is 26.2 Å². The van der Waals surface area contributed by atoms with Crippen LogP contribution < -0.4 is 14.4 Å². The van der Waals surface area contributed by atoms with Crippen molar-refractivity contribution < 1.29 is 27.7 Å². The Morgan fingerprint density at radius 3 is 2.19 bits per heavy atom. The Labute approximate surface area is 260 Å². The van der Waals surface area contributed by atoms with E-state index < -0.39 is 44.9 Å². The molecule has 0 spiro atoms. The monoisotopic (exact) mass is 674 g/mol. The van der Waals surface area contributed by atoms with Gasteiger partial charge >= 0.3 is 0 Å². The molecule has 1 atom stereocenters. The number of methoxy groups -OCH3 is 1. The van der Waals surface area contributed by atoms with Gasteiger partial charge in [-0.25, -0.2) is 8.42 Å². The summed E-state index contributed by atoms with van der Waals surface area (Å²) in [6.07, 6.45) is 0. The second-order valence-corrected chi connectivity index (χ2v) is 13.8. The molecule has 13 heteroatoms. The number of halogens is 1. The number of ether oxygens (including phenoxy) is 1. The topological polar surface area (TPSA) is 139 Å². The highest BCUT2D eigenvalue weighted by Gasteiger charge is 2.34. The highest BCUT2D eigenvalue weighted by atomic mass is 79.9. The molecule has 0 saturated carbocycles. The number of carbonyl (C=O) groups excluding carboxylic acids is 2. The Morgan fingerprint density at radius 2 is 1.65 bits per heavy atom. The highest BCUT2D eigenvalue weighted by molar-refractivity contribution is 9.10. The molecule has 3 aromatic rings. The van der Waals surface area contributed by atoms with Crippen molar-refractivity contribution in [2.75, 3.05) is 18.0 Å². The lowest BCUT2D eigenvalue weighted by atomic mass is 10.1. The maximum Gasteiger partial charge on any atom is 0.273 e. The van der Waals surface area contributed by atoms with Crippen LogP contribution in [0.15, 0.2) is 76.1 Å². The van der Waals surface area contributed by atoms with Gasteiger partial charge in [0.15, 0.2) is 0 Å². The van der Waals surface area contributed by atoms with Crippen LogP contribution >= 0.6 is 15.9 Å². The number of nitrogens with zero attached hydrogens (tertiary/aromatic N) is 3. The van der Waals surface area contributed by atoms with E-state index in [1.807, 2.05) is 20.8 Å². The molecule has 0 aliphatic carbocycles. The maximum atomic E-state index is 14.0. The predicted octanol–water partition coefficient (Wildman–Crippen LogP) is 5.20. The molecule has 2 amide bonds. The van der Waals surface area contributed by atoms with Gasteiger partial charge in [-0.2, -0.15) is 0 Å². The normalized spacial score (nSPS) is 12.3. The lowest BCUT2D eigenvalue weighted by Crippen LogP contribution is -2.54. The molecule has 0 aliphatic heterocycles. The first-order chi connectivity index (χ1) is 20.0. The van der Waals surface area contributed by atoms with Gasteiger partial charge in [0.1, 0.15) is 18.3 Å². The first-order valence-corrected chi connectivity index (χ1v) is 15.5. The van der Waals surface area contributed by atoms with Crippen molar-refractivity contribution in [3.05, 3.63) is 92.4 Å². The number of nitro groups is 1. The van der Waals surface area contributed by atoms with Gasteiger partial charge in [-0.05, 0) is 82.6 Å². The number of sulfonamides is 1. The van der Waals surface area contributed by atoms with Crippen LogP contribution in [0.4, 0.5) is 11.4 Å². The molecule has 0 radical (unpaired) electrons. The average Bonchev–Trinajstić information content (AvgIpc) is 2.94. The summed E-state index contributed by atoms with van der Waals surface area (Å²) in [4.78, 5) is 39.1. The van der Waals surface area contributed by atoms with E-state index in [1.54, 1.807) is 43.3 Å². The molecule has 3 rings (SSSR count). The van der Waals surface area contributed by atoms with Gasteiger partial charge in [0.05, 0.1) is 22.6 Å². The Balaban J connectivity index is 2.10. The smallest absolute Gasteiger partial charge is 0.273 e. The minimum absolute atomic E-state index is 0.0251. The molecule has 1 unspecified atom stereocenters. The summed E-state index contributed by atoms with van der Waals surface area (Å²) in [7, 11) is -3.03. The van der Waals surface area contributed by atoms with Crippen LogP contribution in [0.1, 0.15) is 38.8 Å². The van der Waals surface area contributed by atoms with Gasteiger partial charge < -0.3 is 15.0 Å². The number of benzene rings is 3. The minimum Gasteiger partial charge on any atom is -0.497 e. The van der Waals surface area contributed by atoms with Crippen molar-refractivity contribution in [2.24, 2.45) is 0 Å². The molecule has 0 aromatic heterocycles. The molecule has 230 valence electrons. The van der Waals surface area contributed by atoms with E-state index in [2.05, 4.69) is 21.2 Å². The van der Waals surface area contributed by atoms with Crippen molar-refractivity contribution in [2.45, 2.75) is 57.6 Å². The summed E-state index contributed by atoms with van der Waals surface area (Å²) in [5, 5.41) is 14.5. The first kappa shape index (κ1) is 33.5. The number of aryl methyl sites for hydroxylation is 1. The van der Waals surface area contributed by atoms with Crippen molar-refractivity contribution >= 4 is 49.1 Å². The average molecular weight is 676 g/mol. The third-order valence-electron chi connectivity index (χ3n) is 6.54. The van der Waals surface area contributed by atoms with Crippen molar-refractivity contribution in [1.29, 1.82) is 0 Å². The van der Waals surface area contributed by atoms with Crippen LogP contribution in [-0.4, -0.2) is 55.3 Å². The number of anilines is 1. The number of hydrogen-bond donors (Lipinski definition) is 1. The van der Waals surface area contributed by atoms with E-state index in [-0.39, 0.29) is 28.4 Å². The van der Waals surface area contributed by atoms with Crippen molar-refractivity contribution in [3.8, 4) is 5.75 Å². The Kier molecular flexibility index (Phi) is 10.6. The van der Waals surface area contributed by atoms with Gasteiger partial charge in [-0.1, -0.05) is 34.1 Å². The first-order valence-electron chi connectivity index (χ1n) is 13.3. The van der Waals surface area contributed by atoms with E-state index in [0.717, 1.165) is 20.4 Å². The molecular weight excluding hydrogens is 640 g/mol. The van der Waals surface area contributed by atoms with Crippen LogP contribution in [0.25, 0.3) is 0 Å². The molecule has 1 N–H and O–H groups in total. The molecule has 3 aromatic carbocycles. The number of amides is 2. The van der Waals surface area contributed by atoms with Crippen LogP contribution in [0, 0.1) is 17.0 Å². The number of nitrogens with one attached hydrogen (secondary N) is 1. The van der Waals surface area contributed by atoms with Crippen LogP contribution in [0.5, 0.6) is 5.75 Å². The second-order valence-electron chi connectivity index (χ2n) is 11.0. The third kappa shape index (κ3) is 8.54. The van der Waals surface area contributed by atoms with Gasteiger partial charge in [-0.3, -0.25) is 24.0 Å². The Morgan fingerprint density at radius 1 is 1.05 bits per heavy atom. The number of rotatable bonds is 11. The van der Waals surface area contributed by atoms with Gasteiger partial charge in [-0.15, -0.1) is 0 Å². The van der Waals surface area contributed by atoms with Crippen LogP contribution in [0.3, 0.4) is 0 Å². The van der Waals surface area contributed by atoms with E-state index in [0.29, 0.717) is 5.75 Å². The quantitative estimate of drug-likeness (QED) is 0.218. The number of hydrogen-bond acceptors (Lipinski definition) is 7. The van der Waals surface area contributed by atoms with Crippen LogP contribution in [0.2, 0.25) is 0 Å². The van der Waals surface area contributed by atoms with Gasteiger partial charge in [0.2, 0.25) is 11.8 Å². The lowest BCUT2D eigenvalue weighted by molar-refractivity contribution is -0.385. The molecule has 0 saturated heterocycles. The molecule has 0 bridgehead atoms. The molecule has 43 heavy (non-hydrogen) atoms. The SMILES string of the molecule is COc1ccc(N(CC(=O)N(Cc2ccc(Br)cc2)C(C)C(=O)NC(C)(C)C)S(=O)(=O)c2ccc(C)c([N+](=O)[O-])c2)cc1. The largest absolute Gasteiger partial charge is 0.497 e. The molecular formula is C30H35BrN4O7S. The zero-order valence-electron chi connectivity index (χ0n) is 24.8. The van der Waals surface area contributed by atoms with Crippen molar-refractivity contribution in [3.63, 3.8) is 0 Å². The Bertz CT molecular complexity index is 1590. The second kappa shape index (κ2) is 13.6. The minimum atomic E-state index is -4.49. The molecule has 11 nitrogen and oxygen atoms in total. The predicted molar refractivity (Wildman–Crippen MR) is 167 cm³/mol. The summed E-state index contributed by atoms with van der Waals surface area (Å²) in [6.45, 7) is 7.87. The summed E-state index contributed by atoms with van der Waals surface area (Å²) in [5.41, 5.74) is 0.200. The highest BCUT2D eigenvalue weighted by Crippen LogP contribution is 2.29. The molecule has 0 fully saturated rings. The summed E-state index contributed by atoms with van der Waals surface area (Å²) < 4.78 is 35.0. The zero-order valence-corrected chi connectivity index (χ0v) is 27.2. The standard InChI is InChI=1S/C30H35BrN4O7S/c1-20-7-16-26(17-27(20)35(38)39)43(40,41)34(24-12-14-25(42-6)15-13-24)19-28(36)33(18-22-8-10-23(31)11-9-22)21(2)29(37)32-30(3,4)5/h7-17,21H,18-19H2,1-6H3,(H,32,37). The van der Waals surface area contributed by atoms with E-state index in [9.17, 15) is 28.1 Å². The van der Waals surface area contributed by atoms with Crippen molar-refractivity contribution in [1.82, 2.24) is 10.2 Å². The van der Waals surface area contributed by atoms with Gasteiger partial charge in [0.25, 0.3) is 15.7 Å². The molecule has 0 heterocycles. The number of carbonyl (C=O) groups is 2. The van der Waals surface area contributed by atoms with E-state index in [1.165, 1.54) is 43.2 Å². The molecule has 0 aliphatic rings. The fourth-order valence-electron chi connectivity index (χ4n) is 4.19. The Hall–Kier alpha value is -3.97. The summed E-state index contributed by atoms with van der Waals surface area (Å²) in [5.74, 6) is -0.603. The van der Waals surface area contributed by atoms with Gasteiger partial charge in [0, 0.05) is 28.2 Å². The fraction of sp³-hybridized carbons (Fsp3) is 0.333. The number of nitro benzene ring substituents is 1.